The first-order valence-corrected chi connectivity index (χ1v) is 8.65. The summed E-state index contributed by atoms with van der Waals surface area (Å²) in [5, 5.41) is 3.64. The van der Waals surface area contributed by atoms with Gasteiger partial charge in [0, 0.05) is 10.5 Å². The van der Waals surface area contributed by atoms with E-state index in [9.17, 15) is 0 Å². The molecule has 2 aromatic carbocycles. The van der Waals surface area contributed by atoms with Crippen LogP contribution in [0.25, 0.3) is 0 Å². The van der Waals surface area contributed by atoms with Gasteiger partial charge in [-0.15, -0.1) is 0 Å². The van der Waals surface area contributed by atoms with Crippen LogP contribution in [0.2, 0.25) is 0 Å². The summed E-state index contributed by atoms with van der Waals surface area (Å²) >= 11 is 3.51. The normalized spacial score (nSPS) is 15.0. The van der Waals surface area contributed by atoms with E-state index in [1.54, 1.807) is 11.1 Å². The molecule has 0 amide bonds. The molecule has 0 aliphatic heterocycles. The Morgan fingerprint density at radius 2 is 1.81 bits per heavy atom. The molecule has 1 N–H and O–H groups in total. The highest BCUT2D eigenvalue weighted by atomic mass is 79.9. The second-order valence-electron chi connectivity index (χ2n) is 5.82. The zero-order valence-electron chi connectivity index (χ0n) is 12.5. The number of hydrogen-bond donors (Lipinski definition) is 1. The first-order valence-electron chi connectivity index (χ1n) is 7.86. The van der Waals surface area contributed by atoms with Crippen molar-refractivity contribution in [2.24, 2.45) is 0 Å². The van der Waals surface area contributed by atoms with Gasteiger partial charge in [0.1, 0.15) is 0 Å². The standard InChI is InChI=1S/C19H22BrN/c1-2-21-19(12-14-6-10-18(20)11-7-14)17-9-8-15-4-3-5-16(15)13-17/h6-11,13,19,21H,2-5,12H2,1H3. The first-order chi connectivity index (χ1) is 10.3. The van der Waals surface area contributed by atoms with Gasteiger partial charge in [0.2, 0.25) is 0 Å². The molecule has 0 bridgehead atoms. The summed E-state index contributed by atoms with van der Waals surface area (Å²) in [6, 6.07) is 16.2. The molecule has 0 aromatic heterocycles. The number of benzene rings is 2. The van der Waals surface area contributed by atoms with E-state index in [2.05, 4.69) is 70.6 Å². The summed E-state index contributed by atoms with van der Waals surface area (Å²) in [5.41, 5.74) is 5.92. The van der Waals surface area contributed by atoms with Gasteiger partial charge in [-0.25, -0.2) is 0 Å². The van der Waals surface area contributed by atoms with Crippen LogP contribution < -0.4 is 5.32 Å². The van der Waals surface area contributed by atoms with E-state index >= 15 is 0 Å². The summed E-state index contributed by atoms with van der Waals surface area (Å²) in [7, 11) is 0. The number of hydrogen-bond acceptors (Lipinski definition) is 1. The van der Waals surface area contributed by atoms with E-state index in [0.717, 1.165) is 17.4 Å². The summed E-state index contributed by atoms with van der Waals surface area (Å²) in [6.45, 7) is 3.18. The van der Waals surface area contributed by atoms with Crippen molar-refractivity contribution >= 4 is 15.9 Å². The number of nitrogens with one attached hydrogen (secondary N) is 1. The van der Waals surface area contributed by atoms with Crippen LogP contribution in [-0.2, 0) is 19.3 Å². The second-order valence-corrected chi connectivity index (χ2v) is 6.74. The molecular weight excluding hydrogens is 322 g/mol. The van der Waals surface area contributed by atoms with Gasteiger partial charge in [-0.2, -0.15) is 0 Å². The Kier molecular flexibility index (Phi) is 4.77. The molecule has 110 valence electrons. The third-order valence-corrected chi connectivity index (χ3v) is 4.86. The molecule has 1 atom stereocenters. The van der Waals surface area contributed by atoms with Crippen molar-refractivity contribution in [3.63, 3.8) is 0 Å². The Bertz CT molecular complexity index is 603. The smallest absolute Gasteiger partial charge is 0.0360 e. The quantitative estimate of drug-likeness (QED) is 0.819. The molecule has 0 heterocycles. The molecule has 1 nitrogen and oxygen atoms in total. The molecule has 1 aliphatic carbocycles. The topological polar surface area (TPSA) is 12.0 Å². The van der Waals surface area contributed by atoms with Crippen molar-refractivity contribution in [3.05, 3.63) is 69.2 Å². The third kappa shape index (κ3) is 3.56. The molecular formula is C19H22BrN. The van der Waals surface area contributed by atoms with Crippen molar-refractivity contribution in [1.29, 1.82) is 0 Å². The molecule has 0 radical (unpaired) electrons. The van der Waals surface area contributed by atoms with E-state index in [-0.39, 0.29) is 0 Å². The van der Waals surface area contributed by atoms with Crippen LogP contribution in [0.5, 0.6) is 0 Å². The van der Waals surface area contributed by atoms with Gasteiger partial charge in [0.15, 0.2) is 0 Å². The summed E-state index contributed by atoms with van der Waals surface area (Å²) < 4.78 is 1.14. The van der Waals surface area contributed by atoms with E-state index in [0.29, 0.717) is 6.04 Å². The maximum atomic E-state index is 3.64. The number of aryl methyl sites for hydroxylation is 2. The van der Waals surface area contributed by atoms with Crippen molar-refractivity contribution in [1.82, 2.24) is 5.32 Å². The highest BCUT2D eigenvalue weighted by Crippen LogP contribution is 2.27. The average Bonchev–Trinajstić information content (AvgIpc) is 2.96. The van der Waals surface area contributed by atoms with Crippen LogP contribution in [-0.4, -0.2) is 6.54 Å². The molecule has 1 unspecified atom stereocenters. The minimum Gasteiger partial charge on any atom is -0.310 e. The van der Waals surface area contributed by atoms with Crippen LogP contribution in [0.15, 0.2) is 46.9 Å². The van der Waals surface area contributed by atoms with Gasteiger partial charge < -0.3 is 5.32 Å². The Hall–Kier alpha value is -1.12. The van der Waals surface area contributed by atoms with Gasteiger partial charge in [-0.1, -0.05) is 53.2 Å². The maximum Gasteiger partial charge on any atom is 0.0360 e. The SMILES string of the molecule is CCNC(Cc1ccc(Br)cc1)c1ccc2c(c1)CCC2. The van der Waals surface area contributed by atoms with Crippen LogP contribution in [0, 0.1) is 0 Å². The summed E-state index contributed by atoms with van der Waals surface area (Å²) in [5.74, 6) is 0. The zero-order chi connectivity index (χ0) is 14.7. The van der Waals surface area contributed by atoms with Gasteiger partial charge >= 0.3 is 0 Å². The van der Waals surface area contributed by atoms with Gasteiger partial charge in [0.05, 0.1) is 0 Å². The van der Waals surface area contributed by atoms with Crippen LogP contribution in [0.3, 0.4) is 0 Å². The van der Waals surface area contributed by atoms with Gasteiger partial charge in [-0.05, 0) is 66.6 Å². The minimum absolute atomic E-state index is 0.405. The van der Waals surface area contributed by atoms with Crippen LogP contribution >= 0.6 is 15.9 Å². The van der Waals surface area contributed by atoms with Crippen LogP contribution in [0.1, 0.15) is 41.6 Å². The van der Waals surface area contributed by atoms with Crippen molar-refractivity contribution in [2.45, 2.75) is 38.6 Å². The lowest BCUT2D eigenvalue weighted by Crippen LogP contribution is -2.23. The van der Waals surface area contributed by atoms with E-state index in [1.165, 1.54) is 30.4 Å². The fourth-order valence-corrected chi connectivity index (χ4v) is 3.48. The molecule has 1 aliphatic rings. The maximum absolute atomic E-state index is 3.64. The van der Waals surface area contributed by atoms with Crippen molar-refractivity contribution in [3.8, 4) is 0 Å². The number of halogens is 1. The highest BCUT2D eigenvalue weighted by Gasteiger charge is 2.16. The molecule has 0 saturated heterocycles. The molecule has 0 saturated carbocycles. The van der Waals surface area contributed by atoms with Gasteiger partial charge in [0.25, 0.3) is 0 Å². The second kappa shape index (κ2) is 6.76. The Morgan fingerprint density at radius 3 is 2.57 bits per heavy atom. The van der Waals surface area contributed by atoms with Crippen LogP contribution in [0.4, 0.5) is 0 Å². The Labute approximate surface area is 135 Å². The van der Waals surface area contributed by atoms with E-state index < -0.39 is 0 Å². The molecule has 2 aromatic rings. The zero-order valence-corrected chi connectivity index (χ0v) is 14.1. The predicted octanol–water partition coefficient (Wildman–Crippen LogP) is 4.83. The fourth-order valence-electron chi connectivity index (χ4n) is 3.22. The number of likely N-dealkylation sites (N-methyl/N-ethyl adjacent to an activating group) is 1. The molecule has 2 heteroatoms. The third-order valence-electron chi connectivity index (χ3n) is 4.33. The van der Waals surface area contributed by atoms with Crippen molar-refractivity contribution < 1.29 is 0 Å². The monoisotopic (exact) mass is 343 g/mol. The van der Waals surface area contributed by atoms with E-state index in [4.69, 9.17) is 0 Å². The predicted molar refractivity (Wildman–Crippen MR) is 92.7 cm³/mol. The first kappa shape index (κ1) is 14.8. The van der Waals surface area contributed by atoms with Crippen molar-refractivity contribution in [2.75, 3.05) is 6.54 Å². The molecule has 0 spiro atoms. The molecule has 21 heavy (non-hydrogen) atoms. The molecule has 3 rings (SSSR count). The lowest BCUT2D eigenvalue weighted by atomic mass is 9.96. The lowest BCUT2D eigenvalue weighted by molar-refractivity contribution is 0.549. The molecule has 0 fully saturated rings. The number of fused-ring (bicyclic) bond motifs is 1. The number of rotatable bonds is 5. The van der Waals surface area contributed by atoms with Gasteiger partial charge in [-0.3, -0.25) is 0 Å². The summed E-state index contributed by atoms with van der Waals surface area (Å²) in [4.78, 5) is 0. The largest absolute Gasteiger partial charge is 0.310 e. The summed E-state index contributed by atoms with van der Waals surface area (Å²) in [6.07, 6.45) is 4.87. The average molecular weight is 344 g/mol. The van der Waals surface area contributed by atoms with E-state index in [1.807, 2.05) is 0 Å². The minimum atomic E-state index is 0.405. The Balaban J connectivity index is 1.82. The Morgan fingerprint density at radius 1 is 1.05 bits per heavy atom. The highest BCUT2D eigenvalue weighted by molar-refractivity contribution is 9.10. The lowest BCUT2D eigenvalue weighted by Gasteiger charge is -2.19. The fraction of sp³-hybridized carbons (Fsp3) is 0.368.